The van der Waals surface area contributed by atoms with Crippen LogP contribution in [0.3, 0.4) is 0 Å². The van der Waals surface area contributed by atoms with Gasteiger partial charge in [0.25, 0.3) is 5.91 Å². The molecule has 0 unspecified atom stereocenters. The van der Waals surface area contributed by atoms with Crippen molar-refractivity contribution in [2.75, 3.05) is 11.9 Å². The van der Waals surface area contributed by atoms with Crippen LogP contribution in [0.1, 0.15) is 31.2 Å². The van der Waals surface area contributed by atoms with Gasteiger partial charge < -0.3 is 15.4 Å². The van der Waals surface area contributed by atoms with E-state index in [0.717, 1.165) is 31.2 Å². The van der Waals surface area contributed by atoms with Crippen LogP contribution in [0.2, 0.25) is 0 Å². The second kappa shape index (κ2) is 5.53. The van der Waals surface area contributed by atoms with Crippen molar-refractivity contribution in [1.82, 2.24) is 5.32 Å². The van der Waals surface area contributed by atoms with Crippen LogP contribution < -0.4 is 15.4 Å². The van der Waals surface area contributed by atoms with E-state index in [1.807, 2.05) is 18.2 Å². The van der Waals surface area contributed by atoms with Gasteiger partial charge in [0.05, 0.1) is 5.69 Å². The lowest BCUT2D eigenvalue weighted by molar-refractivity contribution is -0.125. The monoisotopic (exact) mass is 274 g/mol. The highest BCUT2D eigenvalue weighted by Gasteiger charge is 2.22. The average molecular weight is 274 g/mol. The van der Waals surface area contributed by atoms with E-state index < -0.39 is 0 Å². The predicted octanol–water partition coefficient (Wildman–Crippen LogP) is 1.82. The molecule has 5 nitrogen and oxygen atoms in total. The molecule has 0 saturated heterocycles. The van der Waals surface area contributed by atoms with Gasteiger partial charge in [-0.2, -0.15) is 0 Å². The van der Waals surface area contributed by atoms with Gasteiger partial charge in [-0.3, -0.25) is 9.59 Å². The third kappa shape index (κ3) is 2.76. The lowest BCUT2D eigenvalue weighted by Gasteiger charge is -2.18. The molecule has 0 bridgehead atoms. The van der Waals surface area contributed by atoms with E-state index in [0.29, 0.717) is 18.0 Å². The van der Waals surface area contributed by atoms with Crippen LogP contribution in [0, 0.1) is 5.92 Å². The molecule has 3 rings (SSSR count). The summed E-state index contributed by atoms with van der Waals surface area (Å²) in [6, 6.07) is 5.57. The molecule has 1 aromatic rings. The lowest BCUT2D eigenvalue weighted by atomic mass is 10.1. The standard InChI is InChI=1S/C15H18N2O3/c18-14-9-20-13-7-10(5-6-12(13)17-14)8-16-15(19)11-3-1-2-4-11/h5-7,11H,1-4,8-9H2,(H,16,19)(H,17,18). The highest BCUT2D eigenvalue weighted by Crippen LogP contribution is 2.29. The summed E-state index contributed by atoms with van der Waals surface area (Å²) in [5.41, 5.74) is 1.67. The number of amides is 2. The number of nitrogens with one attached hydrogen (secondary N) is 2. The van der Waals surface area contributed by atoms with Crippen LogP contribution in [0.5, 0.6) is 5.75 Å². The minimum atomic E-state index is -0.139. The second-order valence-electron chi connectivity index (χ2n) is 5.37. The summed E-state index contributed by atoms with van der Waals surface area (Å²) in [7, 11) is 0. The van der Waals surface area contributed by atoms with Crippen LogP contribution in [-0.4, -0.2) is 18.4 Å². The van der Waals surface area contributed by atoms with Gasteiger partial charge in [0.1, 0.15) is 5.75 Å². The Morgan fingerprint density at radius 3 is 2.95 bits per heavy atom. The van der Waals surface area contributed by atoms with Crippen LogP contribution in [-0.2, 0) is 16.1 Å². The van der Waals surface area contributed by atoms with Gasteiger partial charge in [-0.25, -0.2) is 0 Å². The van der Waals surface area contributed by atoms with Gasteiger partial charge in [0.15, 0.2) is 6.61 Å². The largest absolute Gasteiger partial charge is 0.482 e. The highest BCUT2D eigenvalue weighted by atomic mass is 16.5. The third-order valence-electron chi connectivity index (χ3n) is 3.87. The van der Waals surface area contributed by atoms with E-state index in [9.17, 15) is 9.59 Å². The summed E-state index contributed by atoms with van der Waals surface area (Å²) in [6.45, 7) is 0.546. The van der Waals surface area contributed by atoms with Crippen molar-refractivity contribution in [3.05, 3.63) is 23.8 Å². The summed E-state index contributed by atoms with van der Waals surface area (Å²) in [6.07, 6.45) is 4.32. The maximum Gasteiger partial charge on any atom is 0.262 e. The third-order valence-corrected chi connectivity index (χ3v) is 3.87. The number of hydrogen-bond acceptors (Lipinski definition) is 3. The number of hydrogen-bond donors (Lipinski definition) is 2. The van der Waals surface area contributed by atoms with E-state index in [-0.39, 0.29) is 24.3 Å². The van der Waals surface area contributed by atoms with Crippen molar-refractivity contribution < 1.29 is 14.3 Å². The number of rotatable bonds is 3. The minimum absolute atomic E-state index is 0.0465. The molecule has 1 fully saturated rings. The quantitative estimate of drug-likeness (QED) is 0.883. The van der Waals surface area contributed by atoms with Crippen LogP contribution in [0.4, 0.5) is 5.69 Å². The molecule has 20 heavy (non-hydrogen) atoms. The molecule has 106 valence electrons. The number of carbonyl (C=O) groups excluding carboxylic acids is 2. The Hall–Kier alpha value is -2.04. The Morgan fingerprint density at radius 1 is 1.35 bits per heavy atom. The van der Waals surface area contributed by atoms with Gasteiger partial charge in [0.2, 0.25) is 5.91 Å². The summed E-state index contributed by atoms with van der Waals surface area (Å²) < 4.78 is 5.36. The highest BCUT2D eigenvalue weighted by molar-refractivity contribution is 5.95. The SMILES string of the molecule is O=C1COc2cc(CNC(=O)C3CCCC3)ccc2N1. The molecule has 2 aliphatic rings. The Bertz CT molecular complexity index is 536. The molecular formula is C15H18N2O3. The Morgan fingerprint density at radius 2 is 2.15 bits per heavy atom. The normalized spacial score (nSPS) is 18.1. The van der Waals surface area contributed by atoms with Gasteiger partial charge >= 0.3 is 0 Å². The zero-order valence-electron chi connectivity index (χ0n) is 11.3. The molecule has 1 aliphatic heterocycles. The van der Waals surface area contributed by atoms with Gasteiger partial charge in [0, 0.05) is 12.5 Å². The maximum absolute atomic E-state index is 12.0. The zero-order chi connectivity index (χ0) is 13.9. The first kappa shape index (κ1) is 13.0. The van der Waals surface area contributed by atoms with Crippen molar-refractivity contribution in [2.45, 2.75) is 32.2 Å². The summed E-state index contributed by atoms with van der Waals surface area (Å²) >= 11 is 0. The van der Waals surface area contributed by atoms with Gasteiger partial charge in [-0.15, -0.1) is 0 Å². The van der Waals surface area contributed by atoms with E-state index >= 15 is 0 Å². The molecule has 1 heterocycles. The number of ether oxygens (including phenoxy) is 1. The van der Waals surface area contributed by atoms with Crippen molar-refractivity contribution in [2.24, 2.45) is 5.92 Å². The predicted molar refractivity (Wildman–Crippen MR) is 74.4 cm³/mol. The summed E-state index contributed by atoms with van der Waals surface area (Å²) in [5.74, 6) is 0.856. The van der Waals surface area contributed by atoms with Crippen molar-refractivity contribution in [3.63, 3.8) is 0 Å². The molecule has 0 radical (unpaired) electrons. The Balaban J connectivity index is 1.60. The molecule has 0 atom stereocenters. The minimum Gasteiger partial charge on any atom is -0.482 e. The van der Waals surface area contributed by atoms with Crippen molar-refractivity contribution in [3.8, 4) is 5.75 Å². The summed E-state index contributed by atoms with van der Waals surface area (Å²) in [4.78, 5) is 23.1. The van der Waals surface area contributed by atoms with E-state index in [2.05, 4.69) is 10.6 Å². The fourth-order valence-electron chi connectivity index (χ4n) is 2.75. The average Bonchev–Trinajstić information content (AvgIpc) is 2.99. The van der Waals surface area contributed by atoms with E-state index in [4.69, 9.17) is 4.74 Å². The van der Waals surface area contributed by atoms with Crippen molar-refractivity contribution in [1.29, 1.82) is 0 Å². The number of carbonyl (C=O) groups is 2. The first-order valence-electron chi connectivity index (χ1n) is 7.05. The first-order chi connectivity index (χ1) is 9.72. The van der Waals surface area contributed by atoms with Crippen LogP contribution >= 0.6 is 0 Å². The Labute approximate surface area is 117 Å². The molecule has 0 spiro atoms. The molecule has 1 aliphatic carbocycles. The molecule has 5 heteroatoms. The molecular weight excluding hydrogens is 256 g/mol. The first-order valence-corrected chi connectivity index (χ1v) is 7.05. The summed E-state index contributed by atoms with van der Waals surface area (Å²) in [5, 5.41) is 5.72. The fourth-order valence-corrected chi connectivity index (χ4v) is 2.75. The van der Waals surface area contributed by atoms with Crippen molar-refractivity contribution >= 4 is 17.5 Å². The zero-order valence-corrected chi connectivity index (χ0v) is 11.3. The van der Waals surface area contributed by atoms with Gasteiger partial charge in [-0.1, -0.05) is 18.9 Å². The topological polar surface area (TPSA) is 67.4 Å². The smallest absolute Gasteiger partial charge is 0.262 e. The number of fused-ring (bicyclic) bond motifs is 1. The van der Waals surface area contributed by atoms with E-state index in [1.54, 1.807) is 0 Å². The molecule has 1 aromatic carbocycles. The lowest BCUT2D eigenvalue weighted by Crippen LogP contribution is -2.29. The molecule has 0 aromatic heterocycles. The molecule has 2 amide bonds. The van der Waals surface area contributed by atoms with Crippen LogP contribution in [0.25, 0.3) is 0 Å². The Kier molecular flexibility index (Phi) is 3.58. The van der Waals surface area contributed by atoms with Crippen LogP contribution in [0.15, 0.2) is 18.2 Å². The second-order valence-corrected chi connectivity index (χ2v) is 5.37. The number of benzene rings is 1. The molecule has 2 N–H and O–H groups in total. The maximum atomic E-state index is 12.0. The van der Waals surface area contributed by atoms with E-state index in [1.165, 1.54) is 0 Å². The molecule has 1 saturated carbocycles. The fraction of sp³-hybridized carbons (Fsp3) is 0.467. The van der Waals surface area contributed by atoms with Gasteiger partial charge in [-0.05, 0) is 30.5 Å². The number of anilines is 1.